The minimum Gasteiger partial charge on any atom is -0.339 e. The lowest BCUT2D eigenvalue weighted by molar-refractivity contribution is 0.0682. The molecule has 0 bridgehead atoms. The summed E-state index contributed by atoms with van der Waals surface area (Å²) >= 11 is 0. The minimum atomic E-state index is -0.00373. The Morgan fingerprint density at radius 1 is 0.917 bits per heavy atom. The van der Waals surface area contributed by atoms with Crippen LogP contribution in [0.1, 0.15) is 60.2 Å². The van der Waals surface area contributed by atoms with E-state index in [-0.39, 0.29) is 11.8 Å². The minimum absolute atomic E-state index is 0.00365. The van der Waals surface area contributed by atoms with Gasteiger partial charge in [0.25, 0.3) is 11.8 Å². The molecule has 3 heterocycles. The van der Waals surface area contributed by atoms with E-state index in [9.17, 15) is 9.59 Å². The zero-order valence-corrected chi connectivity index (χ0v) is 14.7. The summed E-state index contributed by atoms with van der Waals surface area (Å²) in [5.74, 6) is 1.21. The van der Waals surface area contributed by atoms with E-state index in [1.54, 1.807) is 18.5 Å². The highest BCUT2D eigenvalue weighted by atomic mass is 16.2. The number of carbonyl (C=O) groups excluding carboxylic acids is 2. The van der Waals surface area contributed by atoms with Crippen LogP contribution < -0.4 is 0 Å². The highest BCUT2D eigenvalue weighted by Gasteiger charge is 2.25. The number of nitrogens with zero attached hydrogens (tertiary/aromatic N) is 3. The van der Waals surface area contributed by atoms with Gasteiger partial charge in [0.05, 0.1) is 11.1 Å². The van der Waals surface area contributed by atoms with Crippen molar-refractivity contribution in [3.63, 3.8) is 0 Å². The molecule has 3 rings (SSSR count). The number of aromatic nitrogens is 1. The number of likely N-dealkylation sites (tertiary alicyclic amines) is 2. The molecule has 0 aromatic carbocycles. The van der Waals surface area contributed by atoms with Crippen LogP contribution in [0.4, 0.5) is 0 Å². The Balaban J connectivity index is 1.71. The monoisotopic (exact) mass is 329 g/mol. The van der Waals surface area contributed by atoms with Crippen molar-refractivity contribution in [2.24, 2.45) is 11.8 Å². The van der Waals surface area contributed by atoms with Gasteiger partial charge in [0.2, 0.25) is 0 Å². The van der Waals surface area contributed by atoms with E-state index in [4.69, 9.17) is 0 Å². The van der Waals surface area contributed by atoms with Crippen LogP contribution in [0.2, 0.25) is 0 Å². The maximum atomic E-state index is 12.7. The third-order valence-electron chi connectivity index (χ3n) is 5.25. The molecule has 2 aliphatic rings. The molecule has 1 atom stereocenters. The Labute approximate surface area is 144 Å². The second kappa shape index (κ2) is 7.32. The van der Waals surface area contributed by atoms with Crippen LogP contribution in [0, 0.1) is 11.8 Å². The number of pyridine rings is 1. The van der Waals surface area contributed by atoms with E-state index >= 15 is 0 Å². The van der Waals surface area contributed by atoms with Gasteiger partial charge < -0.3 is 9.80 Å². The molecule has 2 fully saturated rings. The standard InChI is InChI=1S/C19H27N3O2/c1-14-5-8-21(9-6-14)18(23)16-10-17(12-20-11-16)19(24)22-7-3-4-15(2)13-22/h10-12,14-15H,3-9,13H2,1-2H3. The molecular weight excluding hydrogens is 302 g/mol. The predicted molar refractivity (Wildman–Crippen MR) is 92.8 cm³/mol. The van der Waals surface area contributed by atoms with Crippen molar-refractivity contribution in [3.05, 3.63) is 29.6 Å². The predicted octanol–water partition coefficient (Wildman–Crippen LogP) is 2.83. The molecule has 0 radical (unpaired) electrons. The molecule has 2 aliphatic heterocycles. The van der Waals surface area contributed by atoms with E-state index in [2.05, 4.69) is 18.8 Å². The van der Waals surface area contributed by atoms with Crippen molar-refractivity contribution in [3.8, 4) is 0 Å². The topological polar surface area (TPSA) is 53.5 Å². The second-order valence-corrected chi connectivity index (χ2v) is 7.44. The number of rotatable bonds is 2. The van der Waals surface area contributed by atoms with Gasteiger partial charge in [0.1, 0.15) is 0 Å². The van der Waals surface area contributed by atoms with E-state index in [0.29, 0.717) is 23.0 Å². The van der Waals surface area contributed by atoms with Crippen LogP contribution in [0.3, 0.4) is 0 Å². The van der Waals surface area contributed by atoms with Gasteiger partial charge in [-0.15, -0.1) is 0 Å². The molecule has 5 nitrogen and oxygen atoms in total. The summed E-state index contributed by atoms with van der Waals surface area (Å²) in [6.45, 7) is 7.58. The van der Waals surface area contributed by atoms with Crippen molar-refractivity contribution in [2.45, 2.75) is 39.5 Å². The largest absolute Gasteiger partial charge is 0.339 e. The number of piperidine rings is 2. The number of hydrogen-bond acceptors (Lipinski definition) is 3. The lowest BCUT2D eigenvalue weighted by atomic mass is 9.98. The molecule has 1 aromatic rings. The molecule has 1 aromatic heterocycles. The third-order valence-corrected chi connectivity index (χ3v) is 5.25. The molecule has 0 spiro atoms. The Bertz CT molecular complexity index is 608. The Hall–Kier alpha value is -1.91. The van der Waals surface area contributed by atoms with Crippen molar-refractivity contribution >= 4 is 11.8 Å². The molecule has 2 amide bonds. The SMILES string of the molecule is CC1CCN(C(=O)c2cncc(C(=O)N3CCCC(C)C3)c2)CC1. The quantitative estimate of drug-likeness (QED) is 0.838. The number of amides is 2. The lowest BCUT2D eigenvalue weighted by Gasteiger charge is -2.31. The molecule has 1 unspecified atom stereocenters. The summed E-state index contributed by atoms with van der Waals surface area (Å²) in [7, 11) is 0. The summed E-state index contributed by atoms with van der Waals surface area (Å²) in [4.78, 5) is 33.3. The number of hydrogen-bond donors (Lipinski definition) is 0. The lowest BCUT2D eigenvalue weighted by Crippen LogP contribution is -2.39. The average Bonchev–Trinajstić information content (AvgIpc) is 2.61. The Morgan fingerprint density at radius 2 is 1.54 bits per heavy atom. The van der Waals surface area contributed by atoms with Crippen LogP contribution in [0.25, 0.3) is 0 Å². The molecule has 24 heavy (non-hydrogen) atoms. The summed E-state index contributed by atoms with van der Waals surface area (Å²) in [5.41, 5.74) is 1.06. The van der Waals surface area contributed by atoms with Crippen molar-refractivity contribution in [1.29, 1.82) is 0 Å². The van der Waals surface area contributed by atoms with Gasteiger partial charge in [-0.1, -0.05) is 13.8 Å². The zero-order valence-electron chi connectivity index (χ0n) is 14.7. The maximum absolute atomic E-state index is 12.7. The summed E-state index contributed by atoms with van der Waals surface area (Å²) in [6.07, 6.45) is 7.47. The van der Waals surface area contributed by atoms with E-state index in [1.807, 2.05) is 9.80 Å². The van der Waals surface area contributed by atoms with Crippen molar-refractivity contribution in [2.75, 3.05) is 26.2 Å². The van der Waals surface area contributed by atoms with E-state index in [1.165, 1.54) is 6.42 Å². The molecule has 2 saturated heterocycles. The fourth-order valence-corrected chi connectivity index (χ4v) is 3.62. The highest BCUT2D eigenvalue weighted by Crippen LogP contribution is 2.20. The highest BCUT2D eigenvalue weighted by molar-refractivity contribution is 5.99. The first-order valence-electron chi connectivity index (χ1n) is 9.08. The zero-order chi connectivity index (χ0) is 17.1. The summed E-state index contributed by atoms with van der Waals surface area (Å²) in [6, 6.07) is 1.72. The first kappa shape index (κ1) is 16.9. The van der Waals surface area contributed by atoms with E-state index in [0.717, 1.165) is 45.4 Å². The smallest absolute Gasteiger partial charge is 0.255 e. The Morgan fingerprint density at radius 3 is 2.17 bits per heavy atom. The first-order chi connectivity index (χ1) is 11.5. The molecule has 5 heteroatoms. The van der Waals surface area contributed by atoms with Crippen LogP contribution in [0.5, 0.6) is 0 Å². The van der Waals surface area contributed by atoms with Gasteiger partial charge in [-0.3, -0.25) is 14.6 Å². The van der Waals surface area contributed by atoms with Gasteiger partial charge in [-0.25, -0.2) is 0 Å². The van der Waals surface area contributed by atoms with Gasteiger partial charge in [0.15, 0.2) is 0 Å². The molecule has 130 valence electrons. The van der Waals surface area contributed by atoms with Gasteiger partial charge in [0, 0.05) is 38.6 Å². The fourth-order valence-electron chi connectivity index (χ4n) is 3.62. The van der Waals surface area contributed by atoms with E-state index < -0.39 is 0 Å². The van der Waals surface area contributed by atoms with Crippen LogP contribution in [0.15, 0.2) is 18.5 Å². The first-order valence-corrected chi connectivity index (χ1v) is 9.08. The van der Waals surface area contributed by atoms with Gasteiger partial charge in [-0.2, -0.15) is 0 Å². The van der Waals surface area contributed by atoms with Crippen LogP contribution in [-0.2, 0) is 0 Å². The molecular formula is C19H27N3O2. The number of carbonyl (C=O) groups is 2. The fraction of sp³-hybridized carbons (Fsp3) is 0.632. The van der Waals surface area contributed by atoms with Crippen LogP contribution in [-0.4, -0.2) is 52.8 Å². The molecule has 0 aliphatic carbocycles. The third kappa shape index (κ3) is 3.77. The summed E-state index contributed by atoms with van der Waals surface area (Å²) < 4.78 is 0. The second-order valence-electron chi connectivity index (χ2n) is 7.44. The molecule has 0 saturated carbocycles. The van der Waals surface area contributed by atoms with Crippen LogP contribution >= 0.6 is 0 Å². The molecule has 0 N–H and O–H groups in total. The van der Waals surface area contributed by atoms with Gasteiger partial charge in [-0.05, 0) is 43.6 Å². The average molecular weight is 329 g/mol. The summed E-state index contributed by atoms with van der Waals surface area (Å²) in [5, 5.41) is 0. The maximum Gasteiger partial charge on any atom is 0.255 e. The Kier molecular flexibility index (Phi) is 5.17. The van der Waals surface area contributed by atoms with Gasteiger partial charge >= 0.3 is 0 Å². The van der Waals surface area contributed by atoms with Crippen molar-refractivity contribution in [1.82, 2.24) is 14.8 Å². The van der Waals surface area contributed by atoms with Crippen molar-refractivity contribution < 1.29 is 9.59 Å². The normalized spacial score (nSPS) is 22.5.